The van der Waals surface area contributed by atoms with E-state index in [1.165, 1.54) is 0 Å². The zero-order chi connectivity index (χ0) is 15.8. The van der Waals surface area contributed by atoms with Crippen LogP contribution in [-0.2, 0) is 20.7 Å². The lowest BCUT2D eigenvalue weighted by Crippen LogP contribution is -2.47. The maximum atomic E-state index is 11.5. The van der Waals surface area contributed by atoms with Crippen LogP contribution in [0.1, 0.15) is 18.1 Å². The number of urea groups is 1. The van der Waals surface area contributed by atoms with E-state index in [1.807, 2.05) is 0 Å². The van der Waals surface area contributed by atoms with Gasteiger partial charge in [0.15, 0.2) is 5.82 Å². The molecule has 0 spiro atoms. The van der Waals surface area contributed by atoms with Gasteiger partial charge in [-0.05, 0) is 6.92 Å². The van der Waals surface area contributed by atoms with Crippen molar-refractivity contribution in [3.63, 3.8) is 0 Å². The molecule has 1 rings (SSSR count). The molecule has 0 aliphatic heterocycles. The number of amides is 2. The predicted octanol–water partition coefficient (Wildman–Crippen LogP) is -0.764. The van der Waals surface area contributed by atoms with Crippen LogP contribution in [0.2, 0.25) is 0 Å². The minimum Gasteiger partial charge on any atom is -0.480 e. The second-order valence-corrected chi connectivity index (χ2v) is 4.06. The molecule has 10 nitrogen and oxygen atoms in total. The fraction of sp³-hybridized carbons (Fsp3) is 0.545. The summed E-state index contributed by atoms with van der Waals surface area (Å²) in [6.07, 6.45) is -0.148. The second kappa shape index (κ2) is 7.82. The summed E-state index contributed by atoms with van der Waals surface area (Å²) < 4.78 is 9.20. The van der Waals surface area contributed by atoms with Gasteiger partial charge in [0, 0.05) is 13.0 Å². The van der Waals surface area contributed by atoms with Crippen LogP contribution < -0.4 is 10.6 Å². The molecule has 0 radical (unpaired) electrons. The smallest absolute Gasteiger partial charge is 0.326 e. The molecule has 0 unspecified atom stereocenters. The molecule has 0 fully saturated rings. The van der Waals surface area contributed by atoms with Gasteiger partial charge in [0.2, 0.25) is 5.89 Å². The molecule has 0 aliphatic rings. The highest BCUT2D eigenvalue weighted by atomic mass is 16.5. The number of nitrogens with zero attached hydrogens (tertiary/aromatic N) is 2. The molecule has 21 heavy (non-hydrogen) atoms. The lowest BCUT2D eigenvalue weighted by molar-refractivity contribution is -0.147. The Morgan fingerprint density at radius 1 is 1.43 bits per heavy atom. The Balaban J connectivity index is 2.36. The van der Waals surface area contributed by atoms with Crippen molar-refractivity contribution in [3.05, 3.63) is 11.7 Å². The van der Waals surface area contributed by atoms with Crippen LogP contribution in [0.3, 0.4) is 0 Å². The van der Waals surface area contributed by atoms with E-state index in [2.05, 4.69) is 25.5 Å². The Morgan fingerprint density at radius 2 is 2.14 bits per heavy atom. The topological polar surface area (TPSA) is 144 Å². The SMILES string of the molecule is COC(=O)C[C@H](NC(=O)NCCc1nc(C)no1)C(=O)O. The van der Waals surface area contributed by atoms with Crippen LogP contribution >= 0.6 is 0 Å². The average Bonchev–Trinajstić information content (AvgIpc) is 2.83. The molecule has 0 aromatic carbocycles. The predicted molar refractivity (Wildman–Crippen MR) is 67.3 cm³/mol. The number of methoxy groups -OCH3 is 1. The number of nitrogens with one attached hydrogen (secondary N) is 2. The van der Waals surface area contributed by atoms with Crippen LogP contribution in [-0.4, -0.2) is 52.9 Å². The van der Waals surface area contributed by atoms with Crippen molar-refractivity contribution in [2.45, 2.75) is 25.8 Å². The van der Waals surface area contributed by atoms with E-state index in [4.69, 9.17) is 9.63 Å². The van der Waals surface area contributed by atoms with Crippen molar-refractivity contribution >= 4 is 18.0 Å². The number of esters is 1. The molecular formula is C11H16N4O6. The number of carbonyl (C=O) groups excluding carboxylic acids is 2. The quantitative estimate of drug-likeness (QED) is 0.557. The van der Waals surface area contributed by atoms with Gasteiger partial charge in [-0.25, -0.2) is 9.59 Å². The Bertz CT molecular complexity index is 515. The van der Waals surface area contributed by atoms with Crippen molar-refractivity contribution in [1.82, 2.24) is 20.8 Å². The fourth-order valence-corrected chi connectivity index (χ4v) is 1.38. The molecule has 1 aromatic rings. The van der Waals surface area contributed by atoms with E-state index in [9.17, 15) is 14.4 Å². The molecule has 1 atom stereocenters. The third-order valence-corrected chi connectivity index (χ3v) is 2.40. The molecule has 10 heteroatoms. The van der Waals surface area contributed by atoms with Gasteiger partial charge in [-0.15, -0.1) is 0 Å². The summed E-state index contributed by atoms with van der Waals surface area (Å²) in [7, 11) is 1.13. The molecule has 1 heterocycles. The van der Waals surface area contributed by atoms with Crippen LogP contribution in [0.25, 0.3) is 0 Å². The van der Waals surface area contributed by atoms with Crippen molar-refractivity contribution in [2.24, 2.45) is 0 Å². The van der Waals surface area contributed by atoms with Crippen LogP contribution in [0, 0.1) is 6.92 Å². The number of rotatable bonds is 7. The Kier molecular flexibility index (Phi) is 6.11. The molecule has 0 aliphatic carbocycles. The maximum Gasteiger partial charge on any atom is 0.326 e. The molecule has 3 N–H and O–H groups in total. The number of carboxylic acids is 1. The van der Waals surface area contributed by atoms with Gasteiger partial charge in [0.1, 0.15) is 6.04 Å². The van der Waals surface area contributed by atoms with E-state index >= 15 is 0 Å². The van der Waals surface area contributed by atoms with Crippen LogP contribution in [0.15, 0.2) is 4.52 Å². The summed E-state index contributed by atoms with van der Waals surface area (Å²) in [5, 5.41) is 17.1. The van der Waals surface area contributed by atoms with Gasteiger partial charge in [-0.1, -0.05) is 5.16 Å². The highest BCUT2D eigenvalue weighted by Crippen LogP contribution is 1.97. The fourth-order valence-electron chi connectivity index (χ4n) is 1.38. The largest absolute Gasteiger partial charge is 0.480 e. The van der Waals surface area contributed by atoms with Crippen molar-refractivity contribution in [1.29, 1.82) is 0 Å². The molecule has 116 valence electrons. The Hall–Kier alpha value is -2.65. The first-order valence-corrected chi connectivity index (χ1v) is 6.05. The number of aryl methyl sites for hydroxylation is 1. The summed E-state index contributed by atoms with van der Waals surface area (Å²) in [6.45, 7) is 1.84. The summed E-state index contributed by atoms with van der Waals surface area (Å²) >= 11 is 0. The van der Waals surface area contributed by atoms with Gasteiger partial charge < -0.3 is 25.0 Å². The number of aromatic nitrogens is 2. The molecular weight excluding hydrogens is 284 g/mol. The molecule has 2 amide bonds. The first kappa shape index (κ1) is 16.4. The Labute approximate surface area is 119 Å². The van der Waals surface area contributed by atoms with Gasteiger partial charge >= 0.3 is 18.0 Å². The number of carboxylic acid groups (broad SMARTS) is 1. The third-order valence-electron chi connectivity index (χ3n) is 2.40. The van der Waals surface area contributed by atoms with E-state index in [0.717, 1.165) is 7.11 Å². The van der Waals surface area contributed by atoms with Gasteiger partial charge in [-0.2, -0.15) is 4.98 Å². The van der Waals surface area contributed by atoms with Crippen molar-refractivity contribution in [2.75, 3.05) is 13.7 Å². The van der Waals surface area contributed by atoms with Crippen molar-refractivity contribution < 1.29 is 28.8 Å². The van der Waals surface area contributed by atoms with Gasteiger partial charge in [0.25, 0.3) is 0 Å². The Morgan fingerprint density at radius 3 is 2.67 bits per heavy atom. The number of hydrogen-bond donors (Lipinski definition) is 3. The highest BCUT2D eigenvalue weighted by Gasteiger charge is 2.23. The molecule has 1 aromatic heterocycles. The summed E-state index contributed by atoms with van der Waals surface area (Å²) in [4.78, 5) is 37.4. The van der Waals surface area contributed by atoms with E-state index in [-0.39, 0.29) is 6.54 Å². The number of hydrogen-bond acceptors (Lipinski definition) is 7. The number of ether oxygens (including phenoxy) is 1. The van der Waals surface area contributed by atoms with Crippen molar-refractivity contribution in [3.8, 4) is 0 Å². The lowest BCUT2D eigenvalue weighted by Gasteiger charge is -2.13. The minimum atomic E-state index is -1.36. The van der Waals surface area contributed by atoms with Crippen LogP contribution in [0.4, 0.5) is 4.79 Å². The summed E-state index contributed by atoms with van der Waals surface area (Å²) in [6, 6.07) is -2.08. The first-order valence-electron chi connectivity index (χ1n) is 6.05. The molecule has 0 saturated carbocycles. The lowest BCUT2D eigenvalue weighted by atomic mass is 10.2. The molecule has 0 bridgehead atoms. The average molecular weight is 300 g/mol. The first-order chi connectivity index (χ1) is 9.92. The monoisotopic (exact) mass is 300 g/mol. The third kappa shape index (κ3) is 5.89. The summed E-state index contributed by atoms with van der Waals surface area (Å²) in [5.41, 5.74) is 0. The van der Waals surface area contributed by atoms with E-state index < -0.39 is 30.4 Å². The van der Waals surface area contributed by atoms with E-state index in [1.54, 1.807) is 6.92 Å². The van der Waals surface area contributed by atoms with Crippen LogP contribution in [0.5, 0.6) is 0 Å². The maximum absolute atomic E-state index is 11.5. The highest BCUT2D eigenvalue weighted by molar-refractivity contribution is 5.86. The van der Waals surface area contributed by atoms with Gasteiger partial charge in [-0.3, -0.25) is 4.79 Å². The molecule has 0 saturated heterocycles. The zero-order valence-electron chi connectivity index (χ0n) is 11.6. The normalized spacial score (nSPS) is 11.5. The summed E-state index contributed by atoms with van der Waals surface area (Å²) in [5.74, 6) is -1.22. The second-order valence-electron chi connectivity index (χ2n) is 4.06. The zero-order valence-corrected chi connectivity index (χ0v) is 11.6. The van der Waals surface area contributed by atoms with Gasteiger partial charge in [0.05, 0.1) is 13.5 Å². The van der Waals surface area contributed by atoms with E-state index in [0.29, 0.717) is 18.1 Å². The number of carbonyl (C=O) groups is 3. The standard InChI is InChI=1S/C11H16N4O6/c1-6-13-8(21-15-6)3-4-12-11(19)14-7(10(17)18)5-9(16)20-2/h7H,3-5H2,1-2H3,(H,17,18)(H2,12,14,19)/t7-/m0/s1. The number of aliphatic carboxylic acids is 1. The minimum absolute atomic E-state index is 0.179.